The van der Waals surface area contributed by atoms with Crippen LogP contribution in [0.3, 0.4) is 0 Å². The molecule has 1 heterocycles. The van der Waals surface area contributed by atoms with Gasteiger partial charge in [-0.15, -0.1) is 0 Å². The first-order valence-corrected chi connectivity index (χ1v) is 7.81. The second kappa shape index (κ2) is 6.42. The molecule has 1 atom stereocenters. The predicted octanol–water partition coefficient (Wildman–Crippen LogP) is 0.341. The highest BCUT2D eigenvalue weighted by Crippen LogP contribution is 2.17. The summed E-state index contributed by atoms with van der Waals surface area (Å²) in [5.41, 5.74) is 0.138. The normalized spacial score (nSPS) is 18.3. The van der Waals surface area contributed by atoms with E-state index < -0.39 is 28.1 Å². The third kappa shape index (κ3) is 3.26. The van der Waals surface area contributed by atoms with E-state index in [0.29, 0.717) is 10.9 Å². The van der Waals surface area contributed by atoms with Crippen molar-refractivity contribution in [3.05, 3.63) is 29.8 Å². The molecule has 0 aliphatic carbocycles. The molecule has 9 heteroatoms. The van der Waals surface area contributed by atoms with Gasteiger partial charge in [0.25, 0.3) is 10.0 Å². The van der Waals surface area contributed by atoms with Crippen LogP contribution in [0.5, 0.6) is 0 Å². The molecule has 1 aliphatic heterocycles. The minimum absolute atomic E-state index is 0.0336. The summed E-state index contributed by atoms with van der Waals surface area (Å²) >= 11 is 0. The lowest BCUT2D eigenvalue weighted by Gasteiger charge is -2.14. The van der Waals surface area contributed by atoms with E-state index in [1.165, 1.54) is 38.4 Å². The first-order valence-electron chi connectivity index (χ1n) is 6.37. The monoisotopic (exact) mass is 329 g/mol. The molecule has 0 bridgehead atoms. The van der Waals surface area contributed by atoms with Gasteiger partial charge in [-0.1, -0.05) is 4.47 Å². The van der Waals surface area contributed by atoms with Gasteiger partial charge in [-0.25, -0.2) is 18.0 Å². The van der Waals surface area contributed by atoms with Crippen LogP contribution in [0.2, 0.25) is 0 Å². The van der Waals surface area contributed by atoms with Crippen molar-refractivity contribution < 1.29 is 32.3 Å². The van der Waals surface area contributed by atoms with Crippen LogP contribution in [-0.2, 0) is 29.1 Å². The number of nitrogens with zero attached hydrogens (tertiary/aromatic N) is 1. The average Bonchev–Trinajstić information content (AvgIpc) is 2.91. The highest BCUT2D eigenvalue weighted by atomic mass is 32.2. The lowest BCUT2D eigenvalue weighted by atomic mass is 10.2. The summed E-state index contributed by atoms with van der Waals surface area (Å²) in [4.78, 5) is 27.7. The van der Waals surface area contributed by atoms with Crippen LogP contribution in [0, 0.1) is 0 Å². The summed E-state index contributed by atoms with van der Waals surface area (Å²) in [6, 6.07) is 5.13. The molecule has 1 aliphatic rings. The molecule has 1 fully saturated rings. The van der Waals surface area contributed by atoms with Gasteiger partial charge in [-0.05, 0) is 24.3 Å². The number of hydrogen-bond donors (Lipinski definition) is 0. The molecule has 2 rings (SSSR count). The van der Waals surface area contributed by atoms with Crippen molar-refractivity contribution in [1.82, 2.24) is 4.47 Å². The van der Waals surface area contributed by atoms with Crippen molar-refractivity contribution in [2.45, 2.75) is 17.4 Å². The van der Waals surface area contributed by atoms with Crippen molar-refractivity contribution >= 4 is 22.0 Å². The maximum Gasteiger partial charge on any atom is 0.347 e. The van der Waals surface area contributed by atoms with Crippen LogP contribution >= 0.6 is 0 Å². The number of rotatable bonds is 5. The van der Waals surface area contributed by atoms with Crippen LogP contribution in [-0.4, -0.2) is 51.7 Å². The van der Waals surface area contributed by atoms with E-state index in [1.807, 2.05) is 0 Å². The Morgan fingerprint density at radius 3 is 2.45 bits per heavy atom. The molecular formula is C13H15NO7S. The largest absolute Gasteiger partial charge is 0.463 e. The van der Waals surface area contributed by atoms with E-state index in [1.54, 1.807) is 0 Å². The summed E-state index contributed by atoms with van der Waals surface area (Å²) in [5, 5.41) is 0. The van der Waals surface area contributed by atoms with E-state index in [2.05, 4.69) is 9.57 Å². The molecule has 22 heavy (non-hydrogen) atoms. The molecule has 0 saturated carbocycles. The van der Waals surface area contributed by atoms with Crippen molar-refractivity contribution in [2.75, 3.05) is 20.8 Å². The Hall–Kier alpha value is -1.97. The van der Waals surface area contributed by atoms with Gasteiger partial charge in [-0.2, -0.15) is 0 Å². The van der Waals surface area contributed by atoms with Crippen molar-refractivity contribution in [3.8, 4) is 0 Å². The molecule has 0 aromatic heterocycles. The maximum absolute atomic E-state index is 12.0. The van der Waals surface area contributed by atoms with Gasteiger partial charge < -0.3 is 9.47 Å². The predicted molar refractivity (Wildman–Crippen MR) is 73.2 cm³/mol. The van der Waals surface area contributed by atoms with Crippen LogP contribution < -0.4 is 0 Å². The summed E-state index contributed by atoms with van der Waals surface area (Å²) in [5.74, 6) is -1.29. The van der Waals surface area contributed by atoms with Crippen molar-refractivity contribution in [2.24, 2.45) is 0 Å². The summed E-state index contributed by atoms with van der Waals surface area (Å²) in [6.45, 7) is 0.220. The number of hydrogen-bond acceptors (Lipinski definition) is 7. The van der Waals surface area contributed by atoms with E-state index in [0.717, 1.165) is 0 Å². The molecule has 1 saturated heterocycles. The average molecular weight is 329 g/mol. The Labute approximate surface area is 127 Å². The number of carbonyl (C=O) groups excluding carboxylic acids is 2. The first-order chi connectivity index (χ1) is 10.4. The van der Waals surface area contributed by atoms with Gasteiger partial charge in [-0.3, -0.25) is 4.84 Å². The molecule has 0 spiro atoms. The zero-order valence-electron chi connectivity index (χ0n) is 12.0. The Balaban J connectivity index is 2.12. The number of cyclic esters (lactones) is 1. The van der Waals surface area contributed by atoms with Crippen molar-refractivity contribution in [1.29, 1.82) is 0 Å². The Kier molecular flexibility index (Phi) is 4.79. The zero-order valence-corrected chi connectivity index (χ0v) is 12.8. The van der Waals surface area contributed by atoms with Gasteiger partial charge in [0.15, 0.2) is 0 Å². The molecule has 0 amide bonds. The molecular weight excluding hydrogens is 314 g/mol. The molecule has 0 N–H and O–H groups in total. The van der Waals surface area contributed by atoms with Gasteiger partial charge >= 0.3 is 11.9 Å². The third-order valence-corrected chi connectivity index (χ3v) is 4.81. The van der Waals surface area contributed by atoms with Crippen LogP contribution in [0.15, 0.2) is 29.2 Å². The molecule has 8 nitrogen and oxygen atoms in total. The fourth-order valence-corrected chi connectivity index (χ4v) is 2.76. The standard InChI is InChI=1S/C13H15NO7S/c1-14(19-2)22(17,18)10-5-3-9(4-6-10)12(15)21-11-7-8-20-13(11)16/h3-6,11H,7-8H2,1-2H3/t11-/m0/s1. The molecule has 1 aromatic carbocycles. The van der Waals surface area contributed by atoms with Gasteiger partial charge in [0.2, 0.25) is 6.10 Å². The fraction of sp³-hybridized carbons (Fsp3) is 0.385. The molecule has 120 valence electrons. The summed E-state index contributed by atoms with van der Waals surface area (Å²) in [7, 11) is -1.30. The summed E-state index contributed by atoms with van der Waals surface area (Å²) < 4.78 is 34.4. The number of benzene rings is 1. The molecule has 0 radical (unpaired) electrons. The number of ether oxygens (including phenoxy) is 2. The second-order valence-corrected chi connectivity index (χ2v) is 6.41. The lowest BCUT2D eigenvalue weighted by molar-refractivity contribution is -0.145. The highest BCUT2D eigenvalue weighted by Gasteiger charge is 2.30. The number of esters is 2. The molecule has 0 unspecified atom stereocenters. The van der Waals surface area contributed by atoms with E-state index >= 15 is 0 Å². The Bertz CT molecular complexity index is 668. The van der Waals surface area contributed by atoms with Crippen molar-refractivity contribution in [3.63, 3.8) is 0 Å². The summed E-state index contributed by atoms with van der Waals surface area (Å²) in [6.07, 6.45) is -0.592. The molecule has 1 aromatic rings. The quantitative estimate of drug-likeness (QED) is 0.567. The Morgan fingerprint density at radius 2 is 1.95 bits per heavy atom. The van der Waals surface area contributed by atoms with Crippen LogP contribution in [0.1, 0.15) is 16.8 Å². The second-order valence-electron chi connectivity index (χ2n) is 4.47. The number of hydroxylamine groups is 1. The lowest BCUT2D eigenvalue weighted by Crippen LogP contribution is -2.26. The minimum atomic E-state index is -3.78. The first kappa shape index (κ1) is 16.4. The fourth-order valence-electron chi connectivity index (χ4n) is 1.79. The van der Waals surface area contributed by atoms with E-state index in [4.69, 9.17) is 4.74 Å². The third-order valence-electron chi connectivity index (χ3n) is 3.12. The Morgan fingerprint density at radius 1 is 1.32 bits per heavy atom. The number of carbonyl (C=O) groups is 2. The minimum Gasteiger partial charge on any atom is -0.463 e. The highest BCUT2D eigenvalue weighted by molar-refractivity contribution is 7.89. The van der Waals surface area contributed by atoms with E-state index in [-0.39, 0.29) is 17.1 Å². The van der Waals surface area contributed by atoms with Gasteiger partial charge in [0.05, 0.1) is 24.2 Å². The topological polar surface area (TPSA) is 99.2 Å². The number of sulfonamides is 1. The van der Waals surface area contributed by atoms with E-state index in [9.17, 15) is 18.0 Å². The maximum atomic E-state index is 12.0. The van der Waals surface area contributed by atoms with Crippen LogP contribution in [0.4, 0.5) is 0 Å². The SMILES string of the molecule is CON(C)S(=O)(=O)c1ccc(C(=O)O[C@H]2CCOC2=O)cc1. The van der Waals surface area contributed by atoms with Gasteiger partial charge in [0, 0.05) is 13.5 Å². The van der Waals surface area contributed by atoms with Gasteiger partial charge in [0.1, 0.15) is 0 Å². The zero-order chi connectivity index (χ0) is 16.3. The smallest absolute Gasteiger partial charge is 0.347 e. The van der Waals surface area contributed by atoms with Crippen LogP contribution in [0.25, 0.3) is 0 Å².